The van der Waals surface area contributed by atoms with E-state index in [1.165, 1.54) is 0 Å². The van der Waals surface area contributed by atoms with E-state index >= 15 is 0 Å². The lowest BCUT2D eigenvalue weighted by molar-refractivity contribution is 0.200. The Hall–Kier alpha value is -1.44. The third-order valence-electron chi connectivity index (χ3n) is 4.87. The van der Waals surface area contributed by atoms with Gasteiger partial charge in [-0.25, -0.2) is 13.4 Å². The number of hydrogen-bond donors (Lipinski definition) is 0. The fraction of sp³-hybridized carbons (Fsp3) is 0.471. The summed E-state index contributed by atoms with van der Waals surface area (Å²) in [5.41, 5.74) is 2.18. The third-order valence-corrected chi connectivity index (χ3v) is 7.52. The minimum Gasteiger partial charge on any atom is -0.346 e. The molecule has 1 aromatic carbocycles. The molecule has 0 N–H and O–H groups in total. The van der Waals surface area contributed by atoms with Crippen molar-refractivity contribution in [2.24, 2.45) is 0 Å². The molecule has 3 heterocycles. The van der Waals surface area contributed by atoms with Gasteiger partial charge in [-0.2, -0.15) is 0 Å². The Morgan fingerprint density at radius 2 is 1.83 bits per heavy atom. The summed E-state index contributed by atoms with van der Waals surface area (Å²) in [6, 6.07) is 10.5. The molecule has 5 nitrogen and oxygen atoms in total. The molecule has 0 spiro atoms. The van der Waals surface area contributed by atoms with Crippen molar-refractivity contribution < 1.29 is 8.42 Å². The third kappa shape index (κ3) is 3.34. The molecule has 24 heavy (non-hydrogen) atoms. The first-order valence-electron chi connectivity index (χ1n) is 8.31. The van der Waals surface area contributed by atoms with Crippen molar-refractivity contribution in [3.63, 3.8) is 0 Å². The number of thiazole rings is 1. The Labute approximate surface area is 146 Å². The number of sulfone groups is 1. The summed E-state index contributed by atoms with van der Waals surface area (Å²) in [5, 5.41) is 3.17. The van der Waals surface area contributed by atoms with Gasteiger partial charge in [0.15, 0.2) is 15.0 Å². The molecular weight excluding hydrogens is 342 g/mol. The van der Waals surface area contributed by atoms with Crippen molar-refractivity contribution in [3.05, 3.63) is 35.7 Å². The van der Waals surface area contributed by atoms with Gasteiger partial charge in [0.25, 0.3) is 0 Å². The fourth-order valence-electron chi connectivity index (χ4n) is 3.49. The van der Waals surface area contributed by atoms with Gasteiger partial charge in [0.05, 0.1) is 17.2 Å². The smallest absolute Gasteiger partial charge is 0.185 e. The van der Waals surface area contributed by atoms with Crippen LogP contribution >= 0.6 is 11.3 Å². The SMILES string of the molecule is O=S1(=O)CCC(N2CCN(c3nc(-c4ccccc4)cs3)CC2)C1. The lowest BCUT2D eigenvalue weighted by Crippen LogP contribution is -2.50. The summed E-state index contributed by atoms with van der Waals surface area (Å²) < 4.78 is 23.3. The zero-order valence-corrected chi connectivity index (χ0v) is 15.1. The van der Waals surface area contributed by atoms with E-state index < -0.39 is 9.84 Å². The minimum atomic E-state index is -2.80. The van der Waals surface area contributed by atoms with Crippen molar-refractivity contribution >= 4 is 26.3 Å². The Morgan fingerprint density at radius 3 is 2.50 bits per heavy atom. The Kier molecular flexibility index (Phi) is 4.32. The number of anilines is 1. The number of aromatic nitrogens is 1. The van der Waals surface area contributed by atoms with Gasteiger partial charge < -0.3 is 4.90 Å². The highest BCUT2D eigenvalue weighted by Gasteiger charge is 2.33. The normalized spacial score (nSPS) is 24.3. The molecule has 1 atom stereocenters. The summed E-state index contributed by atoms with van der Waals surface area (Å²) in [5.74, 6) is 0.688. The van der Waals surface area contributed by atoms with Crippen molar-refractivity contribution in [1.29, 1.82) is 0 Å². The molecule has 2 aliphatic heterocycles. The van der Waals surface area contributed by atoms with E-state index in [-0.39, 0.29) is 6.04 Å². The molecule has 2 aromatic rings. The first-order chi connectivity index (χ1) is 11.6. The topological polar surface area (TPSA) is 53.5 Å². The number of benzene rings is 1. The molecule has 4 rings (SSSR count). The van der Waals surface area contributed by atoms with Crippen molar-refractivity contribution in [2.45, 2.75) is 12.5 Å². The Balaban J connectivity index is 1.39. The number of piperazine rings is 1. The number of nitrogens with zero attached hydrogens (tertiary/aromatic N) is 3. The first-order valence-corrected chi connectivity index (χ1v) is 11.0. The minimum absolute atomic E-state index is 0.216. The summed E-state index contributed by atoms with van der Waals surface area (Å²) in [6.45, 7) is 3.66. The molecular formula is C17H21N3O2S2. The molecule has 2 fully saturated rings. The molecule has 0 bridgehead atoms. The molecule has 1 aromatic heterocycles. The highest BCUT2D eigenvalue weighted by molar-refractivity contribution is 7.91. The van der Waals surface area contributed by atoms with Gasteiger partial charge in [0.2, 0.25) is 0 Å². The lowest BCUT2D eigenvalue weighted by atomic mass is 10.2. The van der Waals surface area contributed by atoms with Gasteiger partial charge in [0.1, 0.15) is 0 Å². The van der Waals surface area contributed by atoms with Crippen LogP contribution in [0.2, 0.25) is 0 Å². The van der Waals surface area contributed by atoms with Crippen LogP contribution in [0.3, 0.4) is 0 Å². The van der Waals surface area contributed by atoms with Crippen molar-refractivity contribution in [1.82, 2.24) is 9.88 Å². The van der Waals surface area contributed by atoms with Crippen molar-refractivity contribution in [2.75, 3.05) is 42.6 Å². The second-order valence-electron chi connectivity index (χ2n) is 6.46. The molecule has 0 saturated carbocycles. The average Bonchev–Trinajstić information content (AvgIpc) is 3.23. The average molecular weight is 364 g/mol. The predicted molar refractivity (Wildman–Crippen MR) is 98.4 cm³/mol. The van der Waals surface area contributed by atoms with E-state index in [2.05, 4.69) is 27.3 Å². The number of rotatable bonds is 3. The number of hydrogen-bond acceptors (Lipinski definition) is 6. The zero-order valence-electron chi connectivity index (χ0n) is 13.5. The van der Waals surface area contributed by atoms with Crippen LogP contribution < -0.4 is 4.90 Å². The van der Waals surface area contributed by atoms with E-state index in [1.807, 2.05) is 18.2 Å². The largest absolute Gasteiger partial charge is 0.346 e. The lowest BCUT2D eigenvalue weighted by Gasteiger charge is -2.37. The van der Waals surface area contributed by atoms with E-state index in [1.54, 1.807) is 11.3 Å². The van der Waals surface area contributed by atoms with E-state index in [9.17, 15) is 8.42 Å². The molecule has 0 aliphatic carbocycles. The van der Waals surface area contributed by atoms with Gasteiger partial charge in [0, 0.05) is 43.2 Å². The van der Waals surface area contributed by atoms with Crippen LogP contribution in [-0.2, 0) is 9.84 Å². The molecule has 1 unspecified atom stereocenters. The molecule has 7 heteroatoms. The summed E-state index contributed by atoms with van der Waals surface area (Å²) in [6.07, 6.45) is 0.789. The second kappa shape index (κ2) is 6.46. The Bertz CT molecular complexity index is 796. The van der Waals surface area contributed by atoms with Crippen molar-refractivity contribution in [3.8, 4) is 11.3 Å². The van der Waals surface area contributed by atoms with E-state index in [0.717, 1.165) is 49.0 Å². The van der Waals surface area contributed by atoms with Gasteiger partial charge in [-0.3, -0.25) is 4.90 Å². The standard InChI is InChI=1S/C17H21N3O2S2/c21-24(22)11-6-15(13-24)19-7-9-20(10-8-19)17-18-16(12-23-17)14-4-2-1-3-5-14/h1-5,12,15H,6-11,13H2. The molecule has 2 saturated heterocycles. The summed E-state index contributed by atoms with van der Waals surface area (Å²) in [7, 11) is -2.80. The van der Waals surface area contributed by atoms with Crippen LogP contribution in [0.4, 0.5) is 5.13 Å². The van der Waals surface area contributed by atoms with Crippen LogP contribution in [-0.4, -0.2) is 62.0 Å². The van der Waals surface area contributed by atoms with Gasteiger partial charge in [-0.05, 0) is 6.42 Å². The predicted octanol–water partition coefficient (Wildman–Crippen LogP) is 2.12. The maximum atomic E-state index is 11.7. The zero-order chi connectivity index (χ0) is 16.6. The second-order valence-corrected chi connectivity index (χ2v) is 9.53. The quantitative estimate of drug-likeness (QED) is 0.836. The highest BCUT2D eigenvalue weighted by Crippen LogP contribution is 2.28. The van der Waals surface area contributed by atoms with Crippen LogP contribution in [0, 0.1) is 0 Å². The van der Waals surface area contributed by atoms with Crippen LogP contribution in [0.15, 0.2) is 35.7 Å². The molecule has 2 aliphatic rings. The highest BCUT2D eigenvalue weighted by atomic mass is 32.2. The van der Waals surface area contributed by atoms with Gasteiger partial charge in [-0.1, -0.05) is 30.3 Å². The monoisotopic (exact) mass is 363 g/mol. The summed E-state index contributed by atoms with van der Waals surface area (Å²) >= 11 is 1.68. The summed E-state index contributed by atoms with van der Waals surface area (Å²) in [4.78, 5) is 9.44. The maximum Gasteiger partial charge on any atom is 0.185 e. The van der Waals surface area contributed by atoms with Gasteiger partial charge in [-0.15, -0.1) is 11.3 Å². The van der Waals surface area contributed by atoms with E-state index in [4.69, 9.17) is 4.98 Å². The van der Waals surface area contributed by atoms with Crippen LogP contribution in [0.25, 0.3) is 11.3 Å². The van der Waals surface area contributed by atoms with Gasteiger partial charge >= 0.3 is 0 Å². The van der Waals surface area contributed by atoms with E-state index in [0.29, 0.717) is 11.5 Å². The first kappa shape index (κ1) is 16.1. The van der Waals surface area contributed by atoms with Crippen LogP contribution in [0.1, 0.15) is 6.42 Å². The molecule has 0 amide bonds. The Morgan fingerprint density at radius 1 is 1.08 bits per heavy atom. The molecule has 0 radical (unpaired) electrons. The maximum absolute atomic E-state index is 11.7. The fourth-order valence-corrected chi connectivity index (χ4v) is 6.14. The molecule has 128 valence electrons. The van der Waals surface area contributed by atoms with Crippen LogP contribution in [0.5, 0.6) is 0 Å².